The van der Waals surface area contributed by atoms with E-state index in [-0.39, 0.29) is 11.5 Å². The van der Waals surface area contributed by atoms with Gasteiger partial charge in [-0.3, -0.25) is 9.69 Å². The highest BCUT2D eigenvalue weighted by molar-refractivity contribution is 6.16. The summed E-state index contributed by atoms with van der Waals surface area (Å²) in [5.41, 5.74) is 2.12. The highest BCUT2D eigenvalue weighted by Crippen LogP contribution is 2.28. The molecule has 3 aromatic rings. The number of fused-ring (bicyclic) bond motifs is 1. The molecule has 1 aliphatic heterocycles. The highest BCUT2D eigenvalue weighted by Gasteiger charge is 2.18. The van der Waals surface area contributed by atoms with E-state index >= 15 is 0 Å². The number of benzene rings is 2. The number of phenolic OH excluding ortho intramolecular Hbond substituents is 1. The van der Waals surface area contributed by atoms with Gasteiger partial charge < -0.3 is 19.1 Å². The number of rotatable bonds is 6. The van der Waals surface area contributed by atoms with Crippen molar-refractivity contribution >= 4 is 16.7 Å². The predicted molar refractivity (Wildman–Crippen MR) is 107 cm³/mol. The van der Waals surface area contributed by atoms with Crippen LogP contribution in [-0.4, -0.2) is 60.3 Å². The topological polar surface area (TPSA) is 63.9 Å². The van der Waals surface area contributed by atoms with Crippen molar-refractivity contribution in [1.29, 1.82) is 0 Å². The second-order valence-electron chi connectivity index (χ2n) is 6.95. The maximum atomic E-state index is 13.1. The molecular formula is C22H24N2O4. The van der Waals surface area contributed by atoms with Gasteiger partial charge in [0.05, 0.1) is 25.8 Å². The number of hydrogen-bond acceptors (Lipinski definition) is 5. The van der Waals surface area contributed by atoms with Crippen molar-refractivity contribution in [3.05, 3.63) is 59.8 Å². The third-order valence-corrected chi connectivity index (χ3v) is 5.22. The molecule has 2 heterocycles. The second-order valence-corrected chi connectivity index (χ2v) is 6.95. The number of hydrogen-bond donors (Lipinski definition) is 1. The summed E-state index contributed by atoms with van der Waals surface area (Å²) in [6, 6.07) is 12.3. The summed E-state index contributed by atoms with van der Waals surface area (Å²) in [6.07, 6.45) is 1.90. The molecule has 0 bridgehead atoms. The van der Waals surface area contributed by atoms with E-state index in [0.717, 1.165) is 56.0 Å². The Labute approximate surface area is 163 Å². The van der Waals surface area contributed by atoms with E-state index in [1.807, 2.05) is 12.3 Å². The first kappa shape index (κ1) is 18.5. The van der Waals surface area contributed by atoms with Crippen LogP contribution in [0.25, 0.3) is 10.9 Å². The average Bonchev–Trinajstić information content (AvgIpc) is 3.10. The first-order valence-electron chi connectivity index (χ1n) is 9.46. The van der Waals surface area contributed by atoms with Crippen molar-refractivity contribution in [2.45, 2.75) is 6.54 Å². The van der Waals surface area contributed by atoms with E-state index in [0.29, 0.717) is 11.1 Å². The van der Waals surface area contributed by atoms with Crippen LogP contribution in [-0.2, 0) is 11.3 Å². The minimum absolute atomic E-state index is 0.0385. The van der Waals surface area contributed by atoms with E-state index in [1.54, 1.807) is 43.5 Å². The first-order valence-corrected chi connectivity index (χ1v) is 9.46. The molecule has 0 unspecified atom stereocenters. The summed E-state index contributed by atoms with van der Waals surface area (Å²) >= 11 is 0. The van der Waals surface area contributed by atoms with Gasteiger partial charge in [-0.25, -0.2) is 0 Å². The molecule has 0 amide bonds. The molecule has 0 radical (unpaired) electrons. The Morgan fingerprint density at radius 1 is 1.11 bits per heavy atom. The van der Waals surface area contributed by atoms with Crippen LogP contribution in [0.15, 0.2) is 48.7 Å². The maximum absolute atomic E-state index is 13.1. The number of morpholine rings is 1. The zero-order valence-corrected chi connectivity index (χ0v) is 15.9. The number of carbonyl (C=O) groups excluding carboxylic acids is 1. The summed E-state index contributed by atoms with van der Waals surface area (Å²) in [6.45, 7) is 4.97. The number of phenols is 1. The number of aromatic nitrogens is 1. The van der Waals surface area contributed by atoms with Gasteiger partial charge in [0.1, 0.15) is 11.5 Å². The predicted octanol–water partition coefficient (Wildman–Crippen LogP) is 2.92. The highest BCUT2D eigenvalue weighted by atomic mass is 16.5. The molecule has 0 atom stereocenters. The van der Waals surface area contributed by atoms with Gasteiger partial charge in [-0.2, -0.15) is 0 Å². The Morgan fingerprint density at radius 3 is 2.57 bits per heavy atom. The molecule has 1 aliphatic rings. The molecule has 0 aliphatic carbocycles. The van der Waals surface area contributed by atoms with Gasteiger partial charge in [0.15, 0.2) is 5.78 Å². The van der Waals surface area contributed by atoms with Crippen LogP contribution in [0.2, 0.25) is 0 Å². The fraction of sp³-hybridized carbons (Fsp3) is 0.318. The van der Waals surface area contributed by atoms with E-state index in [4.69, 9.17) is 9.47 Å². The fourth-order valence-electron chi connectivity index (χ4n) is 3.62. The van der Waals surface area contributed by atoms with E-state index < -0.39 is 0 Å². The van der Waals surface area contributed by atoms with Crippen LogP contribution < -0.4 is 4.74 Å². The van der Waals surface area contributed by atoms with Crippen LogP contribution in [0, 0.1) is 0 Å². The van der Waals surface area contributed by atoms with Gasteiger partial charge in [0, 0.05) is 55.0 Å². The second kappa shape index (κ2) is 8.04. The number of nitrogens with zero attached hydrogens (tertiary/aromatic N) is 2. The molecule has 1 aromatic heterocycles. The lowest BCUT2D eigenvalue weighted by molar-refractivity contribution is 0.0365. The minimum Gasteiger partial charge on any atom is -0.508 e. The molecule has 6 nitrogen and oxygen atoms in total. The maximum Gasteiger partial charge on any atom is 0.195 e. The molecule has 0 spiro atoms. The van der Waals surface area contributed by atoms with Crippen molar-refractivity contribution in [2.75, 3.05) is 40.0 Å². The zero-order valence-electron chi connectivity index (χ0n) is 15.9. The molecule has 4 rings (SSSR count). The smallest absolute Gasteiger partial charge is 0.195 e. The van der Waals surface area contributed by atoms with Gasteiger partial charge in [-0.15, -0.1) is 0 Å². The Balaban J connectivity index is 1.64. The molecule has 1 N–H and O–H groups in total. The van der Waals surface area contributed by atoms with Gasteiger partial charge in [-0.1, -0.05) is 0 Å². The molecule has 6 heteroatoms. The monoisotopic (exact) mass is 380 g/mol. The fourth-order valence-corrected chi connectivity index (χ4v) is 3.62. The van der Waals surface area contributed by atoms with Gasteiger partial charge >= 0.3 is 0 Å². The van der Waals surface area contributed by atoms with Crippen molar-refractivity contribution in [3.63, 3.8) is 0 Å². The number of methoxy groups -OCH3 is 1. The van der Waals surface area contributed by atoms with Crippen molar-refractivity contribution in [3.8, 4) is 11.5 Å². The van der Waals surface area contributed by atoms with Gasteiger partial charge in [0.25, 0.3) is 0 Å². The van der Waals surface area contributed by atoms with E-state index in [9.17, 15) is 9.90 Å². The van der Waals surface area contributed by atoms with Crippen LogP contribution in [0.1, 0.15) is 15.9 Å². The molecular weight excluding hydrogens is 356 g/mol. The van der Waals surface area contributed by atoms with Crippen LogP contribution >= 0.6 is 0 Å². The van der Waals surface area contributed by atoms with Crippen molar-refractivity contribution in [1.82, 2.24) is 9.47 Å². The number of aromatic hydroxyl groups is 1. The summed E-state index contributed by atoms with van der Waals surface area (Å²) < 4.78 is 12.6. The lowest BCUT2D eigenvalue weighted by atomic mass is 10.0. The third-order valence-electron chi connectivity index (χ3n) is 5.22. The number of carbonyl (C=O) groups is 1. The summed E-state index contributed by atoms with van der Waals surface area (Å²) in [5, 5.41) is 10.8. The molecule has 1 fully saturated rings. The Kier molecular flexibility index (Phi) is 5.32. The molecule has 2 aromatic carbocycles. The lowest BCUT2D eigenvalue weighted by Crippen LogP contribution is -2.38. The Hall–Kier alpha value is -2.83. The van der Waals surface area contributed by atoms with E-state index in [1.165, 1.54) is 0 Å². The van der Waals surface area contributed by atoms with Crippen molar-refractivity contribution < 1.29 is 19.4 Å². The molecule has 28 heavy (non-hydrogen) atoms. The summed E-state index contributed by atoms with van der Waals surface area (Å²) in [5.74, 6) is 0.875. The minimum atomic E-state index is -0.0385. The Bertz CT molecular complexity index is 972. The standard InChI is InChI=1S/C22H24N2O4/c1-27-18-5-2-16(3-6-18)22(26)20-15-24(9-8-23-10-12-28-13-11-23)21-14-17(25)4-7-19(20)21/h2-7,14-15,25H,8-13H2,1H3. The largest absolute Gasteiger partial charge is 0.508 e. The average molecular weight is 380 g/mol. The molecule has 0 saturated carbocycles. The summed E-state index contributed by atoms with van der Waals surface area (Å²) in [4.78, 5) is 15.5. The quantitative estimate of drug-likeness (QED) is 0.666. The van der Waals surface area contributed by atoms with Crippen LogP contribution in [0.5, 0.6) is 11.5 Å². The third kappa shape index (κ3) is 3.74. The Morgan fingerprint density at radius 2 is 1.86 bits per heavy atom. The molecule has 1 saturated heterocycles. The summed E-state index contributed by atoms with van der Waals surface area (Å²) in [7, 11) is 1.60. The first-order chi connectivity index (χ1) is 13.7. The van der Waals surface area contributed by atoms with Gasteiger partial charge in [0.2, 0.25) is 0 Å². The normalized spacial score (nSPS) is 15.0. The van der Waals surface area contributed by atoms with E-state index in [2.05, 4.69) is 9.47 Å². The lowest BCUT2D eigenvalue weighted by Gasteiger charge is -2.26. The van der Waals surface area contributed by atoms with Crippen LogP contribution in [0.3, 0.4) is 0 Å². The SMILES string of the molecule is COc1ccc(C(=O)c2cn(CCN3CCOCC3)c3cc(O)ccc23)cc1. The van der Waals surface area contributed by atoms with Crippen molar-refractivity contribution in [2.24, 2.45) is 0 Å². The number of ketones is 1. The van der Waals surface area contributed by atoms with Gasteiger partial charge in [-0.05, 0) is 36.4 Å². The number of ether oxygens (including phenoxy) is 2. The molecule has 146 valence electrons. The van der Waals surface area contributed by atoms with Crippen LogP contribution in [0.4, 0.5) is 0 Å². The zero-order chi connectivity index (χ0) is 19.5.